The molecule has 0 aliphatic carbocycles. The number of aryl methyl sites for hydroxylation is 1. The standard InChI is InChI=1S/C13H14ClN3O2/c1-8-4-10(2-3-11(8)14)19-7-12-16-9(6-15)5-13(18)17-12/h2-5H,6-7,15H2,1H3,(H,16,17,18). The van der Waals surface area contributed by atoms with E-state index >= 15 is 0 Å². The van der Waals surface area contributed by atoms with Crippen LogP contribution >= 0.6 is 11.6 Å². The summed E-state index contributed by atoms with van der Waals surface area (Å²) in [6.45, 7) is 2.28. The molecule has 0 aliphatic rings. The lowest BCUT2D eigenvalue weighted by Gasteiger charge is -2.07. The Morgan fingerprint density at radius 3 is 2.89 bits per heavy atom. The van der Waals surface area contributed by atoms with Crippen LogP contribution in [0.4, 0.5) is 0 Å². The summed E-state index contributed by atoms with van der Waals surface area (Å²) in [5, 5.41) is 0.684. The number of ether oxygens (including phenoxy) is 1. The summed E-state index contributed by atoms with van der Waals surface area (Å²) < 4.78 is 5.55. The molecular formula is C13H14ClN3O2. The molecule has 1 heterocycles. The van der Waals surface area contributed by atoms with Gasteiger partial charge in [-0.3, -0.25) is 4.79 Å². The number of nitrogens with one attached hydrogen (secondary N) is 1. The number of halogens is 1. The van der Waals surface area contributed by atoms with Gasteiger partial charge in [0.05, 0.1) is 5.69 Å². The summed E-state index contributed by atoms with van der Waals surface area (Å²) in [6.07, 6.45) is 0. The Balaban J connectivity index is 2.11. The third-order valence-corrected chi connectivity index (χ3v) is 2.98. The minimum atomic E-state index is -0.235. The molecule has 3 N–H and O–H groups in total. The molecule has 5 nitrogen and oxygen atoms in total. The van der Waals surface area contributed by atoms with Crippen LogP contribution in [0.3, 0.4) is 0 Å². The Morgan fingerprint density at radius 2 is 2.21 bits per heavy atom. The monoisotopic (exact) mass is 279 g/mol. The van der Waals surface area contributed by atoms with Crippen molar-refractivity contribution in [3.8, 4) is 5.75 Å². The summed E-state index contributed by atoms with van der Waals surface area (Å²) in [5.41, 5.74) is 6.69. The van der Waals surface area contributed by atoms with Gasteiger partial charge in [0.15, 0.2) is 0 Å². The largest absolute Gasteiger partial charge is 0.486 e. The Hall–Kier alpha value is -1.85. The van der Waals surface area contributed by atoms with E-state index in [1.54, 1.807) is 12.1 Å². The molecule has 1 aromatic carbocycles. The third kappa shape index (κ3) is 3.56. The second-order valence-corrected chi connectivity index (χ2v) is 4.49. The first-order valence-corrected chi connectivity index (χ1v) is 6.14. The molecule has 6 heteroatoms. The van der Waals surface area contributed by atoms with Crippen LogP contribution in [0, 0.1) is 6.92 Å². The van der Waals surface area contributed by atoms with Crippen molar-refractivity contribution in [1.82, 2.24) is 9.97 Å². The van der Waals surface area contributed by atoms with Gasteiger partial charge < -0.3 is 15.5 Å². The summed E-state index contributed by atoms with van der Waals surface area (Å²) in [7, 11) is 0. The van der Waals surface area contributed by atoms with E-state index in [0.717, 1.165) is 5.56 Å². The highest BCUT2D eigenvalue weighted by molar-refractivity contribution is 6.31. The van der Waals surface area contributed by atoms with Gasteiger partial charge in [-0.1, -0.05) is 11.6 Å². The molecule has 0 spiro atoms. The number of H-pyrrole nitrogens is 1. The predicted molar refractivity (Wildman–Crippen MR) is 73.3 cm³/mol. The first-order valence-electron chi connectivity index (χ1n) is 5.76. The zero-order chi connectivity index (χ0) is 13.8. The lowest BCUT2D eigenvalue weighted by molar-refractivity contribution is 0.294. The number of nitrogens with two attached hydrogens (primary N) is 1. The highest BCUT2D eigenvalue weighted by atomic mass is 35.5. The van der Waals surface area contributed by atoms with Gasteiger partial charge >= 0.3 is 0 Å². The topological polar surface area (TPSA) is 81.0 Å². The zero-order valence-electron chi connectivity index (χ0n) is 10.4. The molecule has 0 aliphatic heterocycles. The Bertz CT molecular complexity index is 640. The van der Waals surface area contributed by atoms with E-state index < -0.39 is 0 Å². The van der Waals surface area contributed by atoms with Crippen molar-refractivity contribution in [2.75, 3.05) is 0 Å². The maximum Gasteiger partial charge on any atom is 0.251 e. The average Bonchev–Trinajstić information content (AvgIpc) is 2.39. The van der Waals surface area contributed by atoms with Gasteiger partial charge in [0.2, 0.25) is 0 Å². The van der Waals surface area contributed by atoms with Gasteiger partial charge in [0, 0.05) is 17.6 Å². The molecule has 0 amide bonds. The first kappa shape index (κ1) is 13.6. The quantitative estimate of drug-likeness (QED) is 0.894. The van der Waals surface area contributed by atoms with E-state index in [2.05, 4.69) is 9.97 Å². The molecule has 2 aromatic rings. The maximum atomic E-state index is 11.4. The van der Waals surface area contributed by atoms with E-state index in [1.165, 1.54) is 6.07 Å². The second-order valence-electron chi connectivity index (χ2n) is 4.09. The molecule has 19 heavy (non-hydrogen) atoms. The minimum Gasteiger partial charge on any atom is -0.486 e. The van der Waals surface area contributed by atoms with Crippen LogP contribution in [0.5, 0.6) is 5.75 Å². The van der Waals surface area contributed by atoms with Crippen molar-refractivity contribution in [2.24, 2.45) is 5.73 Å². The van der Waals surface area contributed by atoms with Gasteiger partial charge in [-0.05, 0) is 30.7 Å². The van der Waals surface area contributed by atoms with Crippen molar-refractivity contribution < 1.29 is 4.74 Å². The lowest BCUT2D eigenvalue weighted by Crippen LogP contribution is -2.16. The Labute approximate surface area is 115 Å². The fourth-order valence-electron chi connectivity index (χ4n) is 1.59. The number of rotatable bonds is 4. The molecule has 0 bridgehead atoms. The average molecular weight is 280 g/mol. The van der Waals surface area contributed by atoms with Crippen LogP contribution in [0.15, 0.2) is 29.1 Å². The SMILES string of the molecule is Cc1cc(OCc2nc(CN)cc(=O)[nH]2)ccc1Cl. The highest BCUT2D eigenvalue weighted by Crippen LogP contribution is 2.21. The van der Waals surface area contributed by atoms with Crippen molar-refractivity contribution in [2.45, 2.75) is 20.1 Å². The van der Waals surface area contributed by atoms with Crippen LogP contribution in [0.25, 0.3) is 0 Å². The molecule has 2 rings (SSSR count). The number of benzene rings is 1. The number of aromatic amines is 1. The summed E-state index contributed by atoms with van der Waals surface area (Å²) in [5.74, 6) is 1.11. The van der Waals surface area contributed by atoms with E-state index in [-0.39, 0.29) is 18.7 Å². The van der Waals surface area contributed by atoms with E-state index in [4.69, 9.17) is 22.1 Å². The van der Waals surface area contributed by atoms with Crippen molar-refractivity contribution >= 4 is 11.6 Å². The minimum absolute atomic E-state index is 0.171. The van der Waals surface area contributed by atoms with Gasteiger partial charge in [0.1, 0.15) is 18.2 Å². The van der Waals surface area contributed by atoms with Crippen LogP contribution in [0.1, 0.15) is 17.1 Å². The fraction of sp³-hybridized carbons (Fsp3) is 0.231. The molecule has 0 atom stereocenters. The normalized spacial score (nSPS) is 10.5. The molecule has 0 saturated heterocycles. The molecule has 0 fully saturated rings. The summed E-state index contributed by atoms with van der Waals surface area (Å²) >= 11 is 5.93. The van der Waals surface area contributed by atoms with Crippen LogP contribution < -0.4 is 16.0 Å². The Morgan fingerprint density at radius 1 is 1.42 bits per heavy atom. The smallest absolute Gasteiger partial charge is 0.251 e. The Kier molecular flexibility index (Phi) is 4.19. The molecular weight excluding hydrogens is 266 g/mol. The van der Waals surface area contributed by atoms with Crippen molar-refractivity contribution in [3.63, 3.8) is 0 Å². The van der Waals surface area contributed by atoms with E-state index in [9.17, 15) is 4.79 Å². The van der Waals surface area contributed by atoms with Crippen LogP contribution in [-0.2, 0) is 13.2 Å². The van der Waals surface area contributed by atoms with Crippen molar-refractivity contribution in [1.29, 1.82) is 0 Å². The molecule has 0 radical (unpaired) electrons. The highest BCUT2D eigenvalue weighted by Gasteiger charge is 2.03. The number of hydrogen-bond acceptors (Lipinski definition) is 4. The van der Waals surface area contributed by atoms with Gasteiger partial charge in [0.25, 0.3) is 5.56 Å². The first-order chi connectivity index (χ1) is 9.08. The summed E-state index contributed by atoms with van der Waals surface area (Å²) in [6, 6.07) is 6.72. The lowest BCUT2D eigenvalue weighted by atomic mass is 10.2. The van der Waals surface area contributed by atoms with E-state index in [1.807, 2.05) is 13.0 Å². The van der Waals surface area contributed by atoms with Crippen LogP contribution in [0.2, 0.25) is 5.02 Å². The number of hydrogen-bond donors (Lipinski definition) is 2. The van der Waals surface area contributed by atoms with Gasteiger partial charge in [-0.2, -0.15) is 0 Å². The fourth-order valence-corrected chi connectivity index (χ4v) is 1.71. The van der Waals surface area contributed by atoms with E-state index in [0.29, 0.717) is 22.3 Å². The maximum absolute atomic E-state index is 11.4. The zero-order valence-corrected chi connectivity index (χ0v) is 11.2. The molecule has 0 unspecified atom stereocenters. The second kappa shape index (κ2) is 5.86. The molecule has 100 valence electrons. The summed E-state index contributed by atoms with van der Waals surface area (Å²) in [4.78, 5) is 18.1. The van der Waals surface area contributed by atoms with Crippen molar-refractivity contribution in [3.05, 3.63) is 56.7 Å². The van der Waals surface area contributed by atoms with Gasteiger partial charge in [-0.15, -0.1) is 0 Å². The number of aromatic nitrogens is 2. The molecule has 0 saturated carbocycles. The third-order valence-electron chi connectivity index (χ3n) is 2.56. The van der Waals surface area contributed by atoms with Gasteiger partial charge in [-0.25, -0.2) is 4.98 Å². The van der Waals surface area contributed by atoms with Crippen LogP contribution in [-0.4, -0.2) is 9.97 Å². The molecule has 1 aromatic heterocycles. The predicted octanol–water partition coefficient (Wildman–Crippen LogP) is 1.77. The number of nitrogens with zero attached hydrogens (tertiary/aromatic N) is 1.